The van der Waals surface area contributed by atoms with Crippen LogP contribution in [-0.4, -0.2) is 40.1 Å². The molecule has 0 saturated carbocycles. The van der Waals surface area contributed by atoms with E-state index in [0.29, 0.717) is 17.3 Å². The molecule has 0 saturated heterocycles. The van der Waals surface area contributed by atoms with E-state index in [1.165, 1.54) is 0 Å². The van der Waals surface area contributed by atoms with Crippen LogP contribution in [0.15, 0.2) is 0 Å². The molecular weight excluding hydrogens is 374 g/mol. The maximum Gasteiger partial charge on any atom is 0.146 e. The van der Waals surface area contributed by atoms with Gasteiger partial charge in [0.1, 0.15) is 6.79 Å². The average Bonchev–Trinajstić information content (AvgIpc) is 2.03. The lowest BCUT2D eigenvalue weighted by molar-refractivity contribution is -0.0290. The van der Waals surface area contributed by atoms with Gasteiger partial charge in [-0.15, -0.1) is 0 Å². The van der Waals surface area contributed by atoms with E-state index in [-0.39, 0.29) is 10.5 Å². The fourth-order valence-electron chi connectivity index (χ4n) is 0.463. The van der Waals surface area contributed by atoms with Gasteiger partial charge in [0.15, 0.2) is 0 Å². The topological polar surface area (TPSA) is 38.7 Å². The summed E-state index contributed by atoms with van der Waals surface area (Å²) in [6, 6.07) is 0. The summed E-state index contributed by atoms with van der Waals surface area (Å²) in [5.41, 5.74) is 0. The van der Waals surface area contributed by atoms with Gasteiger partial charge in [0.25, 0.3) is 0 Å². The van der Waals surface area contributed by atoms with Crippen LogP contribution in [0, 0.1) is 0 Å². The summed E-state index contributed by atoms with van der Waals surface area (Å²) in [6.07, 6.45) is 0. The van der Waals surface area contributed by atoms with E-state index in [0.717, 1.165) is 0 Å². The van der Waals surface area contributed by atoms with Crippen molar-refractivity contribution in [2.45, 2.75) is 7.85 Å². The normalized spacial score (nSPS) is 16.4. The molecule has 0 aromatic rings. The first-order valence-corrected chi connectivity index (χ1v) is 5.67. The second-order valence-corrected chi connectivity index (χ2v) is 5.19. The molecule has 0 aliphatic carbocycles. The molecule has 2 atom stereocenters. The number of rotatable bonds is 6. The molecule has 3 nitrogen and oxygen atoms in total. The Bertz CT molecular complexity index is 91.9. The third-order valence-corrected chi connectivity index (χ3v) is 4.91. The fourth-order valence-corrected chi connectivity index (χ4v) is 1.15. The number of halogens is 2. The standard InChI is InChI=1S/C6H12I2O3/c1-10-4-11-3-6(8)5(7)2-9/h5-6,9H,2-4H2,1H3. The molecule has 11 heavy (non-hydrogen) atoms. The second kappa shape index (κ2) is 7.96. The quantitative estimate of drug-likeness (QED) is 0.323. The molecule has 0 aromatic carbocycles. The highest BCUT2D eigenvalue weighted by atomic mass is 127. The van der Waals surface area contributed by atoms with E-state index in [1.807, 2.05) is 0 Å². The van der Waals surface area contributed by atoms with Crippen LogP contribution in [0.1, 0.15) is 0 Å². The SMILES string of the molecule is COCOCC(I)C(I)CO. The van der Waals surface area contributed by atoms with Crippen molar-refractivity contribution in [3.8, 4) is 0 Å². The Balaban J connectivity index is 3.28. The zero-order chi connectivity index (χ0) is 8.69. The molecule has 0 radical (unpaired) electrons. The van der Waals surface area contributed by atoms with Gasteiger partial charge in [-0.25, -0.2) is 0 Å². The first-order chi connectivity index (χ1) is 5.22. The summed E-state index contributed by atoms with van der Waals surface area (Å²) in [6.45, 7) is 1.15. The van der Waals surface area contributed by atoms with Gasteiger partial charge < -0.3 is 14.6 Å². The van der Waals surface area contributed by atoms with Crippen LogP contribution in [0.5, 0.6) is 0 Å². The van der Waals surface area contributed by atoms with Crippen LogP contribution in [-0.2, 0) is 9.47 Å². The van der Waals surface area contributed by atoms with E-state index in [9.17, 15) is 0 Å². The molecule has 0 amide bonds. The van der Waals surface area contributed by atoms with Gasteiger partial charge in [-0.2, -0.15) is 0 Å². The van der Waals surface area contributed by atoms with Gasteiger partial charge in [-0.3, -0.25) is 0 Å². The second-order valence-electron chi connectivity index (χ2n) is 1.99. The number of hydrogen-bond acceptors (Lipinski definition) is 3. The van der Waals surface area contributed by atoms with Crippen molar-refractivity contribution in [3.63, 3.8) is 0 Å². The lowest BCUT2D eigenvalue weighted by atomic mass is 10.3. The Morgan fingerprint density at radius 2 is 2.00 bits per heavy atom. The van der Waals surface area contributed by atoms with Crippen molar-refractivity contribution in [2.24, 2.45) is 0 Å². The van der Waals surface area contributed by atoms with Gasteiger partial charge in [0.05, 0.1) is 13.2 Å². The predicted molar refractivity (Wildman–Crippen MR) is 60.5 cm³/mol. The highest BCUT2D eigenvalue weighted by Gasteiger charge is 2.13. The van der Waals surface area contributed by atoms with Crippen LogP contribution in [0.2, 0.25) is 0 Å². The number of hydrogen-bond donors (Lipinski definition) is 1. The van der Waals surface area contributed by atoms with Crippen molar-refractivity contribution in [2.75, 3.05) is 27.1 Å². The molecule has 0 rings (SSSR count). The lowest BCUT2D eigenvalue weighted by Gasteiger charge is -2.13. The smallest absolute Gasteiger partial charge is 0.146 e. The minimum absolute atomic E-state index is 0.199. The Labute approximate surface area is 94.1 Å². The van der Waals surface area contributed by atoms with Crippen LogP contribution >= 0.6 is 45.2 Å². The van der Waals surface area contributed by atoms with E-state index < -0.39 is 0 Å². The van der Waals surface area contributed by atoms with Gasteiger partial charge in [-0.05, 0) is 0 Å². The zero-order valence-corrected chi connectivity index (χ0v) is 10.6. The first kappa shape index (κ1) is 12.3. The molecule has 0 aromatic heterocycles. The van der Waals surface area contributed by atoms with Gasteiger partial charge in [-0.1, -0.05) is 45.2 Å². The number of ether oxygens (including phenoxy) is 2. The number of alkyl halides is 2. The lowest BCUT2D eigenvalue weighted by Crippen LogP contribution is -2.23. The minimum atomic E-state index is 0.199. The minimum Gasteiger partial charge on any atom is -0.395 e. The Hall–Kier alpha value is 1.34. The van der Waals surface area contributed by atoms with Crippen molar-refractivity contribution in [1.29, 1.82) is 0 Å². The molecule has 68 valence electrons. The summed E-state index contributed by atoms with van der Waals surface area (Å²) in [4.78, 5) is 0. The van der Waals surface area contributed by atoms with E-state index in [1.54, 1.807) is 7.11 Å². The highest BCUT2D eigenvalue weighted by molar-refractivity contribution is 14.1. The summed E-state index contributed by atoms with van der Waals surface area (Å²) in [5.74, 6) is 0. The Kier molecular flexibility index (Phi) is 8.93. The van der Waals surface area contributed by atoms with Crippen LogP contribution in [0.3, 0.4) is 0 Å². The van der Waals surface area contributed by atoms with Crippen LogP contribution in [0.25, 0.3) is 0 Å². The molecule has 0 heterocycles. The molecule has 1 N–H and O–H groups in total. The van der Waals surface area contributed by atoms with E-state index in [4.69, 9.17) is 14.6 Å². The van der Waals surface area contributed by atoms with Crippen molar-refractivity contribution in [3.05, 3.63) is 0 Å². The molecule has 5 heteroatoms. The molecule has 0 fully saturated rings. The van der Waals surface area contributed by atoms with Crippen molar-refractivity contribution < 1.29 is 14.6 Å². The number of aliphatic hydroxyl groups is 1. The zero-order valence-electron chi connectivity index (χ0n) is 6.30. The van der Waals surface area contributed by atoms with Gasteiger partial charge in [0, 0.05) is 15.0 Å². The Morgan fingerprint density at radius 1 is 1.36 bits per heavy atom. The number of aliphatic hydroxyl groups excluding tert-OH is 1. The fraction of sp³-hybridized carbons (Fsp3) is 1.00. The van der Waals surface area contributed by atoms with Crippen molar-refractivity contribution in [1.82, 2.24) is 0 Å². The third kappa shape index (κ3) is 6.50. The summed E-state index contributed by atoms with van der Waals surface area (Å²) in [5, 5.41) is 8.76. The monoisotopic (exact) mass is 386 g/mol. The van der Waals surface area contributed by atoms with Gasteiger partial charge in [0.2, 0.25) is 0 Å². The molecule has 0 bridgehead atoms. The highest BCUT2D eigenvalue weighted by Crippen LogP contribution is 2.14. The molecule has 0 aliphatic heterocycles. The Morgan fingerprint density at radius 3 is 2.45 bits per heavy atom. The van der Waals surface area contributed by atoms with Gasteiger partial charge >= 0.3 is 0 Å². The molecule has 0 aliphatic rings. The number of methoxy groups -OCH3 is 1. The largest absolute Gasteiger partial charge is 0.395 e. The average molecular weight is 386 g/mol. The molecule has 2 unspecified atom stereocenters. The predicted octanol–water partition coefficient (Wildman–Crippen LogP) is 1.21. The molecular formula is C6H12I2O3. The van der Waals surface area contributed by atoms with E-state index in [2.05, 4.69) is 45.2 Å². The summed E-state index contributed by atoms with van der Waals surface area (Å²) >= 11 is 4.46. The summed E-state index contributed by atoms with van der Waals surface area (Å²) in [7, 11) is 1.59. The summed E-state index contributed by atoms with van der Waals surface area (Å²) < 4.78 is 10.4. The third-order valence-electron chi connectivity index (χ3n) is 1.05. The molecule has 0 spiro atoms. The van der Waals surface area contributed by atoms with Crippen LogP contribution in [0.4, 0.5) is 0 Å². The van der Waals surface area contributed by atoms with Crippen molar-refractivity contribution >= 4 is 45.2 Å². The van der Waals surface area contributed by atoms with Crippen LogP contribution < -0.4 is 0 Å². The maximum atomic E-state index is 8.76. The van der Waals surface area contributed by atoms with E-state index >= 15 is 0 Å². The maximum absolute atomic E-state index is 8.76. The first-order valence-electron chi connectivity index (χ1n) is 3.18.